The van der Waals surface area contributed by atoms with Gasteiger partial charge in [0.2, 0.25) is 0 Å². The number of piperazine rings is 1. The maximum absolute atomic E-state index is 11.8. The molecule has 0 bridgehead atoms. The van der Waals surface area contributed by atoms with Crippen LogP contribution in [0.2, 0.25) is 0 Å². The van der Waals surface area contributed by atoms with Gasteiger partial charge in [-0.15, -0.1) is 5.06 Å². The maximum Gasteiger partial charge on any atom is 0.330 e. The number of anilines is 1. The molecule has 0 atom stereocenters. The van der Waals surface area contributed by atoms with E-state index in [9.17, 15) is 4.79 Å². The molecule has 1 aliphatic heterocycles. The number of halogens is 1. The van der Waals surface area contributed by atoms with Gasteiger partial charge in [0.25, 0.3) is 0 Å². The molecule has 0 aromatic heterocycles. The summed E-state index contributed by atoms with van der Waals surface area (Å²) in [6, 6.07) is 8.50. The quantitative estimate of drug-likeness (QED) is 0.730. The van der Waals surface area contributed by atoms with Crippen LogP contribution in [-0.2, 0) is 9.63 Å². The Kier molecular flexibility index (Phi) is 4.90. The summed E-state index contributed by atoms with van der Waals surface area (Å²) in [6.07, 6.45) is 0. The van der Waals surface area contributed by atoms with Crippen LogP contribution in [0.25, 0.3) is 0 Å². The first kappa shape index (κ1) is 15.6. The Labute approximate surface area is 134 Å². The predicted molar refractivity (Wildman–Crippen MR) is 88.5 cm³/mol. The van der Waals surface area contributed by atoms with E-state index in [4.69, 9.17) is 4.84 Å². The standard InChI is InChI=1S/C15H21IN2O2/c1-15(2,3)14(19)20-18-10-8-17(9-11-18)13-6-4-12(16)5-7-13/h4-7H,8-11H2,1-3H3. The Morgan fingerprint density at radius 1 is 1.10 bits per heavy atom. The highest BCUT2D eigenvalue weighted by Crippen LogP contribution is 2.20. The zero-order valence-corrected chi connectivity index (χ0v) is 14.4. The molecule has 1 fully saturated rings. The number of carbonyl (C=O) groups excluding carboxylic acids is 1. The minimum absolute atomic E-state index is 0.166. The Hall–Kier alpha value is -0.820. The molecule has 1 aromatic rings. The van der Waals surface area contributed by atoms with Crippen LogP contribution in [0.3, 0.4) is 0 Å². The van der Waals surface area contributed by atoms with E-state index >= 15 is 0 Å². The average molecular weight is 388 g/mol. The molecule has 0 amide bonds. The minimum atomic E-state index is -0.451. The van der Waals surface area contributed by atoms with Crippen molar-refractivity contribution in [1.82, 2.24) is 5.06 Å². The molecular formula is C15H21IN2O2. The molecule has 0 radical (unpaired) electrons. The maximum atomic E-state index is 11.8. The van der Waals surface area contributed by atoms with Crippen molar-refractivity contribution in [3.63, 3.8) is 0 Å². The highest BCUT2D eigenvalue weighted by Gasteiger charge is 2.27. The zero-order chi connectivity index (χ0) is 14.8. The molecule has 0 aliphatic carbocycles. The first-order chi connectivity index (χ1) is 9.36. The fourth-order valence-corrected chi connectivity index (χ4v) is 2.30. The molecule has 0 spiro atoms. The molecular weight excluding hydrogens is 367 g/mol. The van der Waals surface area contributed by atoms with Crippen LogP contribution in [0.4, 0.5) is 5.69 Å². The minimum Gasteiger partial charge on any atom is -0.369 e. The van der Waals surface area contributed by atoms with Crippen molar-refractivity contribution < 1.29 is 9.63 Å². The Morgan fingerprint density at radius 3 is 2.15 bits per heavy atom. The van der Waals surface area contributed by atoms with Crippen LogP contribution in [-0.4, -0.2) is 37.2 Å². The molecule has 2 rings (SSSR count). The second-order valence-corrected chi connectivity index (χ2v) is 7.27. The van der Waals surface area contributed by atoms with E-state index in [1.165, 1.54) is 9.26 Å². The van der Waals surface area contributed by atoms with Gasteiger partial charge in [0.1, 0.15) is 0 Å². The van der Waals surface area contributed by atoms with Gasteiger partial charge in [-0.1, -0.05) is 0 Å². The Morgan fingerprint density at radius 2 is 1.65 bits per heavy atom. The lowest BCUT2D eigenvalue weighted by Gasteiger charge is -2.35. The summed E-state index contributed by atoms with van der Waals surface area (Å²) in [4.78, 5) is 19.6. The van der Waals surface area contributed by atoms with Gasteiger partial charge in [-0.2, -0.15) is 0 Å². The summed E-state index contributed by atoms with van der Waals surface area (Å²) in [7, 11) is 0. The zero-order valence-electron chi connectivity index (χ0n) is 12.2. The molecule has 110 valence electrons. The van der Waals surface area contributed by atoms with Crippen molar-refractivity contribution in [3.05, 3.63) is 27.8 Å². The monoisotopic (exact) mass is 388 g/mol. The molecule has 1 heterocycles. The molecule has 0 unspecified atom stereocenters. The molecule has 1 aliphatic rings. The van der Waals surface area contributed by atoms with Gasteiger partial charge < -0.3 is 9.74 Å². The van der Waals surface area contributed by atoms with Gasteiger partial charge in [-0.3, -0.25) is 0 Å². The van der Waals surface area contributed by atoms with Crippen molar-refractivity contribution in [3.8, 4) is 0 Å². The largest absolute Gasteiger partial charge is 0.369 e. The Bertz CT molecular complexity index is 460. The topological polar surface area (TPSA) is 32.8 Å². The molecule has 0 saturated carbocycles. The average Bonchev–Trinajstić information content (AvgIpc) is 2.39. The first-order valence-electron chi connectivity index (χ1n) is 6.84. The molecule has 1 saturated heterocycles. The normalized spacial score (nSPS) is 17.1. The second kappa shape index (κ2) is 6.30. The fraction of sp³-hybridized carbons (Fsp3) is 0.533. The molecule has 20 heavy (non-hydrogen) atoms. The third-order valence-electron chi connectivity index (χ3n) is 3.25. The number of nitrogens with zero attached hydrogens (tertiary/aromatic N) is 2. The van der Waals surface area contributed by atoms with Crippen LogP contribution in [0, 0.1) is 8.99 Å². The van der Waals surface area contributed by atoms with Crippen molar-refractivity contribution >= 4 is 34.2 Å². The fourth-order valence-electron chi connectivity index (χ4n) is 1.94. The van der Waals surface area contributed by atoms with Gasteiger partial charge in [0.15, 0.2) is 0 Å². The SMILES string of the molecule is CC(C)(C)C(=O)ON1CCN(c2ccc(I)cc2)CC1. The number of hydroxylamine groups is 2. The van der Waals surface area contributed by atoms with Gasteiger partial charge in [-0.25, -0.2) is 4.79 Å². The van der Waals surface area contributed by atoms with Crippen LogP contribution in [0.1, 0.15) is 20.8 Å². The number of carbonyl (C=O) groups is 1. The molecule has 1 aromatic carbocycles. The van der Waals surface area contributed by atoms with Crippen LogP contribution in [0.15, 0.2) is 24.3 Å². The van der Waals surface area contributed by atoms with Crippen molar-refractivity contribution in [2.24, 2.45) is 5.41 Å². The van der Waals surface area contributed by atoms with Gasteiger partial charge in [0, 0.05) is 22.3 Å². The number of rotatable bonds is 2. The van der Waals surface area contributed by atoms with E-state index in [0.717, 1.165) is 26.2 Å². The number of benzene rings is 1. The lowest BCUT2D eigenvalue weighted by molar-refractivity contribution is -0.201. The van der Waals surface area contributed by atoms with Crippen molar-refractivity contribution in [2.75, 3.05) is 31.1 Å². The second-order valence-electron chi connectivity index (χ2n) is 6.02. The number of hydrogen-bond acceptors (Lipinski definition) is 4. The van der Waals surface area contributed by atoms with Gasteiger partial charge in [-0.05, 0) is 67.6 Å². The lowest BCUT2D eigenvalue weighted by atomic mass is 9.98. The molecule has 4 nitrogen and oxygen atoms in total. The third-order valence-corrected chi connectivity index (χ3v) is 3.97. The Balaban J connectivity index is 1.86. The number of hydrogen-bond donors (Lipinski definition) is 0. The third kappa shape index (κ3) is 4.09. The summed E-state index contributed by atoms with van der Waals surface area (Å²) < 4.78 is 1.24. The van der Waals surface area contributed by atoms with Crippen molar-refractivity contribution in [1.29, 1.82) is 0 Å². The highest BCUT2D eigenvalue weighted by molar-refractivity contribution is 14.1. The van der Waals surface area contributed by atoms with Gasteiger partial charge in [0.05, 0.1) is 18.5 Å². The summed E-state index contributed by atoms with van der Waals surface area (Å²) in [5, 5.41) is 1.77. The molecule has 5 heteroatoms. The first-order valence-corrected chi connectivity index (χ1v) is 7.92. The van der Waals surface area contributed by atoms with E-state index in [1.54, 1.807) is 5.06 Å². The van der Waals surface area contributed by atoms with Crippen LogP contribution >= 0.6 is 22.6 Å². The van der Waals surface area contributed by atoms with E-state index in [2.05, 4.69) is 51.8 Å². The lowest BCUT2D eigenvalue weighted by Crippen LogP contribution is -2.48. The van der Waals surface area contributed by atoms with Crippen molar-refractivity contribution in [2.45, 2.75) is 20.8 Å². The molecule has 0 N–H and O–H groups in total. The highest BCUT2D eigenvalue weighted by atomic mass is 127. The van der Waals surface area contributed by atoms with E-state index in [-0.39, 0.29) is 5.97 Å². The predicted octanol–water partition coefficient (Wildman–Crippen LogP) is 2.92. The summed E-state index contributed by atoms with van der Waals surface area (Å²) in [5.41, 5.74) is 0.778. The van der Waals surface area contributed by atoms with Crippen LogP contribution < -0.4 is 4.90 Å². The summed E-state index contributed by atoms with van der Waals surface area (Å²) >= 11 is 2.31. The van der Waals surface area contributed by atoms with E-state index < -0.39 is 5.41 Å². The van der Waals surface area contributed by atoms with E-state index in [1.807, 2.05) is 20.8 Å². The summed E-state index contributed by atoms with van der Waals surface area (Å²) in [5.74, 6) is -0.166. The van der Waals surface area contributed by atoms with Gasteiger partial charge >= 0.3 is 5.97 Å². The smallest absolute Gasteiger partial charge is 0.330 e. The van der Waals surface area contributed by atoms with Crippen LogP contribution in [0.5, 0.6) is 0 Å². The summed E-state index contributed by atoms with van der Waals surface area (Å²) in [6.45, 7) is 8.85. The van der Waals surface area contributed by atoms with E-state index in [0.29, 0.717) is 0 Å².